The molecule has 26 heavy (non-hydrogen) atoms. The van der Waals surface area contributed by atoms with Crippen LogP contribution in [0.1, 0.15) is 11.1 Å². The summed E-state index contributed by atoms with van der Waals surface area (Å²) in [5, 5.41) is 4.07. The van der Waals surface area contributed by atoms with Crippen LogP contribution in [0.15, 0.2) is 36.4 Å². The largest absolute Gasteiger partial charge is 0.454 e. The van der Waals surface area contributed by atoms with E-state index in [-0.39, 0.29) is 6.79 Å². The first-order chi connectivity index (χ1) is 12.6. The van der Waals surface area contributed by atoms with Crippen LogP contribution in [-0.4, -0.2) is 43.0 Å². The van der Waals surface area contributed by atoms with E-state index in [0.717, 1.165) is 48.5 Å². The molecule has 4 rings (SSSR count). The van der Waals surface area contributed by atoms with Crippen LogP contribution in [0.5, 0.6) is 11.5 Å². The van der Waals surface area contributed by atoms with E-state index in [1.165, 1.54) is 16.8 Å². The fraction of sp³-hybridized carbons (Fsp3) is 0.350. The summed E-state index contributed by atoms with van der Waals surface area (Å²) >= 11 is 5.61. The van der Waals surface area contributed by atoms with Crippen LogP contribution < -0.4 is 19.7 Å². The predicted octanol–water partition coefficient (Wildman–Crippen LogP) is 3.55. The van der Waals surface area contributed by atoms with Gasteiger partial charge in [-0.25, -0.2) is 0 Å². The number of rotatable bonds is 2. The van der Waals surface area contributed by atoms with E-state index in [4.69, 9.17) is 21.7 Å². The number of nitrogens with zero attached hydrogens (tertiary/aromatic N) is 2. The number of thiocarbonyl (C=S) groups is 1. The maximum absolute atomic E-state index is 5.61. The highest BCUT2D eigenvalue weighted by Crippen LogP contribution is 2.34. The smallest absolute Gasteiger partial charge is 0.231 e. The lowest BCUT2D eigenvalue weighted by Gasteiger charge is -2.38. The number of fused-ring (bicyclic) bond motifs is 1. The molecular formula is C20H23N3O2S. The number of hydrogen-bond acceptors (Lipinski definition) is 4. The Morgan fingerprint density at radius 1 is 1.00 bits per heavy atom. The minimum Gasteiger partial charge on any atom is -0.454 e. The van der Waals surface area contributed by atoms with Crippen LogP contribution in [0.2, 0.25) is 0 Å². The number of nitrogens with one attached hydrogen (secondary N) is 1. The van der Waals surface area contributed by atoms with E-state index >= 15 is 0 Å². The number of ether oxygens (including phenoxy) is 2. The summed E-state index contributed by atoms with van der Waals surface area (Å²) in [7, 11) is 0. The molecule has 0 bridgehead atoms. The van der Waals surface area contributed by atoms with Crippen LogP contribution in [0.25, 0.3) is 0 Å². The van der Waals surface area contributed by atoms with Gasteiger partial charge < -0.3 is 24.6 Å². The highest BCUT2D eigenvalue weighted by atomic mass is 32.1. The van der Waals surface area contributed by atoms with Crippen molar-refractivity contribution in [2.75, 3.05) is 43.2 Å². The lowest BCUT2D eigenvalue weighted by molar-refractivity contribution is 0.174. The first-order valence-electron chi connectivity index (χ1n) is 8.88. The van der Waals surface area contributed by atoms with E-state index in [2.05, 4.69) is 47.2 Å². The SMILES string of the molecule is Cc1cccc(N2CCN(C(=S)Nc3ccc4c(c3)OCO4)CC2)c1C. The van der Waals surface area contributed by atoms with Crippen LogP contribution in [-0.2, 0) is 0 Å². The molecule has 5 nitrogen and oxygen atoms in total. The zero-order chi connectivity index (χ0) is 18.1. The van der Waals surface area contributed by atoms with Crippen molar-refractivity contribution in [3.63, 3.8) is 0 Å². The molecule has 0 unspecified atom stereocenters. The Morgan fingerprint density at radius 3 is 2.58 bits per heavy atom. The van der Waals surface area contributed by atoms with Gasteiger partial charge in [-0.2, -0.15) is 0 Å². The van der Waals surface area contributed by atoms with Gasteiger partial charge in [0.25, 0.3) is 0 Å². The zero-order valence-electron chi connectivity index (χ0n) is 15.1. The molecule has 1 saturated heterocycles. The van der Waals surface area contributed by atoms with Crippen molar-refractivity contribution in [3.05, 3.63) is 47.5 Å². The van der Waals surface area contributed by atoms with Crippen molar-refractivity contribution in [1.29, 1.82) is 0 Å². The molecule has 2 aromatic carbocycles. The summed E-state index contributed by atoms with van der Waals surface area (Å²) in [6.45, 7) is 8.39. The van der Waals surface area contributed by atoms with Gasteiger partial charge in [0.2, 0.25) is 6.79 Å². The van der Waals surface area contributed by atoms with Gasteiger partial charge >= 0.3 is 0 Å². The Morgan fingerprint density at radius 2 is 1.77 bits per heavy atom. The monoisotopic (exact) mass is 369 g/mol. The molecule has 0 atom stereocenters. The molecule has 2 heterocycles. The Balaban J connectivity index is 1.37. The fourth-order valence-electron chi connectivity index (χ4n) is 3.41. The number of aryl methyl sites for hydroxylation is 1. The van der Waals surface area contributed by atoms with Gasteiger partial charge in [-0.1, -0.05) is 12.1 Å². The summed E-state index contributed by atoms with van der Waals surface area (Å²) in [5.74, 6) is 1.54. The van der Waals surface area contributed by atoms with Crippen molar-refractivity contribution in [3.8, 4) is 11.5 Å². The highest BCUT2D eigenvalue weighted by Gasteiger charge is 2.21. The Labute approximate surface area is 159 Å². The average molecular weight is 369 g/mol. The topological polar surface area (TPSA) is 37.0 Å². The van der Waals surface area contributed by atoms with Crippen LogP contribution in [0.3, 0.4) is 0 Å². The second-order valence-electron chi connectivity index (χ2n) is 6.69. The third-order valence-electron chi connectivity index (χ3n) is 5.11. The molecule has 0 aliphatic carbocycles. The number of benzene rings is 2. The number of hydrogen-bond donors (Lipinski definition) is 1. The van der Waals surface area contributed by atoms with Crippen molar-refractivity contribution < 1.29 is 9.47 Å². The quantitative estimate of drug-likeness (QED) is 0.816. The first kappa shape index (κ1) is 17.0. The van der Waals surface area contributed by atoms with Crippen LogP contribution in [0.4, 0.5) is 11.4 Å². The van der Waals surface area contributed by atoms with E-state index in [9.17, 15) is 0 Å². The van der Waals surface area contributed by atoms with Crippen molar-refractivity contribution in [2.24, 2.45) is 0 Å². The van der Waals surface area contributed by atoms with E-state index < -0.39 is 0 Å². The third kappa shape index (κ3) is 3.29. The fourth-order valence-corrected chi connectivity index (χ4v) is 3.71. The third-order valence-corrected chi connectivity index (χ3v) is 5.47. The number of anilines is 2. The molecule has 0 spiro atoms. The van der Waals surface area contributed by atoms with Gasteiger partial charge in [-0.15, -0.1) is 0 Å². The molecule has 0 aromatic heterocycles. The Bertz CT molecular complexity index is 832. The lowest BCUT2D eigenvalue weighted by atomic mass is 10.1. The van der Waals surface area contributed by atoms with Crippen molar-refractivity contribution >= 4 is 28.7 Å². The molecule has 1 fully saturated rings. The van der Waals surface area contributed by atoms with Gasteiger partial charge in [0.05, 0.1) is 0 Å². The summed E-state index contributed by atoms with van der Waals surface area (Å²) in [6.07, 6.45) is 0. The van der Waals surface area contributed by atoms with Crippen molar-refractivity contribution in [1.82, 2.24) is 4.90 Å². The maximum Gasteiger partial charge on any atom is 0.231 e. The average Bonchev–Trinajstić information content (AvgIpc) is 3.12. The van der Waals surface area contributed by atoms with Crippen LogP contribution in [0, 0.1) is 13.8 Å². The molecule has 1 N–H and O–H groups in total. The van der Waals surface area contributed by atoms with E-state index in [0.29, 0.717) is 0 Å². The van der Waals surface area contributed by atoms with Gasteiger partial charge in [0.1, 0.15) is 0 Å². The minimum atomic E-state index is 0.281. The molecule has 136 valence electrons. The summed E-state index contributed by atoms with van der Waals surface area (Å²) < 4.78 is 10.8. The minimum absolute atomic E-state index is 0.281. The van der Waals surface area contributed by atoms with E-state index in [1.54, 1.807) is 0 Å². The molecular weight excluding hydrogens is 346 g/mol. The predicted molar refractivity (Wildman–Crippen MR) is 108 cm³/mol. The molecule has 2 aliphatic rings. The first-order valence-corrected chi connectivity index (χ1v) is 9.29. The summed E-state index contributed by atoms with van der Waals surface area (Å²) in [5.41, 5.74) is 4.96. The maximum atomic E-state index is 5.61. The normalized spacial score (nSPS) is 15.9. The van der Waals surface area contributed by atoms with Gasteiger partial charge in [-0.3, -0.25) is 0 Å². The molecule has 6 heteroatoms. The van der Waals surface area contributed by atoms with Gasteiger partial charge in [0, 0.05) is 43.6 Å². The highest BCUT2D eigenvalue weighted by molar-refractivity contribution is 7.80. The second-order valence-corrected chi connectivity index (χ2v) is 7.08. The molecule has 0 saturated carbocycles. The van der Waals surface area contributed by atoms with E-state index in [1.807, 2.05) is 18.2 Å². The Hall–Kier alpha value is -2.47. The summed E-state index contributed by atoms with van der Waals surface area (Å²) in [6, 6.07) is 12.3. The molecule has 2 aromatic rings. The molecule has 0 radical (unpaired) electrons. The standard InChI is InChI=1S/C20H23N3O2S/c1-14-4-3-5-17(15(14)2)22-8-10-23(11-9-22)20(26)21-16-6-7-18-19(12-16)25-13-24-18/h3-7,12H,8-11,13H2,1-2H3,(H,21,26). The van der Waals surface area contributed by atoms with Crippen LogP contribution >= 0.6 is 12.2 Å². The summed E-state index contributed by atoms with van der Waals surface area (Å²) in [4.78, 5) is 4.67. The molecule has 2 aliphatic heterocycles. The second kappa shape index (κ2) is 7.03. The molecule has 0 amide bonds. The van der Waals surface area contributed by atoms with Gasteiger partial charge in [0.15, 0.2) is 16.6 Å². The van der Waals surface area contributed by atoms with Gasteiger partial charge in [-0.05, 0) is 55.4 Å². The zero-order valence-corrected chi connectivity index (χ0v) is 15.9. The lowest BCUT2D eigenvalue weighted by Crippen LogP contribution is -2.50. The van der Waals surface area contributed by atoms with Crippen molar-refractivity contribution in [2.45, 2.75) is 13.8 Å². The Kier molecular flexibility index (Phi) is 4.59. The number of piperazine rings is 1.